The lowest BCUT2D eigenvalue weighted by Crippen LogP contribution is -2.45. The third kappa shape index (κ3) is 4.12. The molecular formula is C19H21BrN2O3. The molecule has 0 radical (unpaired) electrons. The first-order valence-electron chi connectivity index (χ1n) is 8.37. The van der Waals surface area contributed by atoms with Crippen LogP contribution in [0.25, 0.3) is 10.9 Å². The molecule has 0 fully saturated rings. The van der Waals surface area contributed by atoms with Gasteiger partial charge in [-0.15, -0.1) is 0 Å². The SMILES string of the molecule is COC(=O)[C@@H](Cc1c[nH]c2ccc(Br)cc12)NC(=O)[C@H]1CC=CCC1. The molecule has 2 N–H and O–H groups in total. The molecule has 1 amide bonds. The molecule has 0 bridgehead atoms. The predicted octanol–water partition coefficient (Wildman–Crippen LogP) is 3.49. The number of aromatic amines is 1. The number of fused-ring (bicyclic) bond motifs is 1. The number of carbonyl (C=O) groups excluding carboxylic acids is 2. The molecule has 1 aromatic carbocycles. The van der Waals surface area contributed by atoms with Gasteiger partial charge in [0.05, 0.1) is 7.11 Å². The van der Waals surface area contributed by atoms with Crippen molar-refractivity contribution in [2.45, 2.75) is 31.7 Å². The topological polar surface area (TPSA) is 71.2 Å². The van der Waals surface area contributed by atoms with E-state index in [1.54, 1.807) is 0 Å². The van der Waals surface area contributed by atoms with Gasteiger partial charge in [0.1, 0.15) is 6.04 Å². The molecule has 25 heavy (non-hydrogen) atoms. The highest BCUT2D eigenvalue weighted by molar-refractivity contribution is 9.10. The highest BCUT2D eigenvalue weighted by Gasteiger charge is 2.27. The zero-order valence-electron chi connectivity index (χ0n) is 14.0. The molecule has 2 aromatic rings. The van der Waals surface area contributed by atoms with E-state index < -0.39 is 12.0 Å². The molecule has 0 unspecified atom stereocenters. The lowest BCUT2D eigenvalue weighted by Gasteiger charge is -2.21. The minimum atomic E-state index is -0.693. The first kappa shape index (κ1) is 17.7. The van der Waals surface area contributed by atoms with Gasteiger partial charge in [-0.3, -0.25) is 4.79 Å². The maximum atomic E-state index is 12.5. The van der Waals surface area contributed by atoms with E-state index in [0.29, 0.717) is 6.42 Å². The molecule has 0 saturated carbocycles. The lowest BCUT2D eigenvalue weighted by molar-refractivity contribution is -0.145. The molecule has 132 valence electrons. The number of halogens is 1. The predicted molar refractivity (Wildman–Crippen MR) is 100 cm³/mol. The van der Waals surface area contributed by atoms with Crippen LogP contribution in [0.5, 0.6) is 0 Å². The van der Waals surface area contributed by atoms with Crippen LogP contribution in [-0.4, -0.2) is 30.0 Å². The van der Waals surface area contributed by atoms with E-state index in [4.69, 9.17) is 4.74 Å². The van der Waals surface area contributed by atoms with E-state index in [9.17, 15) is 9.59 Å². The Morgan fingerprint density at radius 3 is 2.96 bits per heavy atom. The van der Waals surface area contributed by atoms with Crippen LogP contribution in [0.3, 0.4) is 0 Å². The molecule has 0 aliphatic heterocycles. The van der Waals surface area contributed by atoms with Gasteiger partial charge in [0, 0.05) is 33.9 Å². The van der Waals surface area contributed by atoms with E-state index in [1.165, 1.54) is 7.11 Å². The quantitative estimate of drug-likeness (QED) is 0.591. The minimum absolute atomic E-state index is 0.0748. The second-order valence-electron chi connectivity index (χ2n) is 6.27. The number of H-pyrrole nitrogens is 1. The number of carbonyl (C=O) groups is 2. The maximum absolute atomic E-state index is 12.5. The number of amides is 1. The van der Waals surface area contributed by atoms with Crippen LogP contribution in [0.2, 0.25) is 0 Å². The van der Waals surface area contributed by atoms with Gasteiger partial charge in [0.2, 0.25) is 5.91 Å². The Morgan fingerprint density at radius 1 is 1.40 bits per heavy atom. The molecular weight excluding hydrogens is 384 g/mol. The number of ether oxygens (including phenoxy) is 1. The second-order valence-corrected chi connectivity index (χ2v) is 7.19. The summed E-state index contributed by atoms with van der Waals surface area (Å²) < 4.78 is 5.86. The Kier molecular flexibility index (Phi) is 5.58. The molecule has 1 aromatic heterocycles. The summed E-state index contributed by atoms with van der Waals surface area (Å²) >= 11 is 3.47. The summed E-state index contributed by atoms with van der Waals surface area (Å²) in [5.41, 5.74) is 1.96. The number of aromatic nitrogens is 1. The molecule has 1 heterocycles. The Hall–Kier alpha value is -2.08. The summed E-state index contributed by atoms with van der Waals surface area (Å²) in [5.74, 6) is -0.584. The normalized spacial score (nSPS) is 18.1. The van der Waals surface area contributed by atoms with Crippen LogP contribution < -0.4 is 5.32 Å². The minimum Gasteiger partial charge on any atom is -0.467 e. The van der Waals surface area contributed by atoms with Crippen molar-refractivity contribution >= 4 is 38.7 Å². The first-order valence-corrected chi connectivity index (χ1v) is 9.16. The molecule has 2 atom stereocenters. The summed E-state index contributed by atoms with van der Waals surface area (Å²) in [5, 5.41) is 3.91. The maximum Gasteiger partial charge on any atom is 0.328 e. The van der Waals surface area contributed by atoms with Crippen LogP contribution >= 0.6 is 15.9 Å². The smallest absolute Gasteiger partial charge is 0.328 e. The fraction of sp³-hybridized carbons (Fsp3) is 0.368. The molecule has 6 heteroatoms. The van der Waals surface area contributed by atoms with Gasteiger partial charge in [-0.05, 0) is 43.0 Å². The molecule has 1 aliphatic rings. The number of hydrogen-bond donors (Lipinski definition) is 2. The number of hydrogen-bond acceptors (Lipinski definition) is 3. The fourth-order valence-electron chi connectivity index (χ4n) is 3.20. The van der Waals surface area contributed by atoms with E-state index in [0.717, 1.165) is 40.2 Å². The van der Waals surface area contributed by atoms with Crippen molar-refractivity contribution in [2.75, 3.05) is 7.11 Å². The Balaban J connectivity index is 1.78. The molecule has 3 rings (SSSR count). The first-order chi connectivity index (χ1) is 12.1. The third-order valence-corrected chi connectivity index (χ3v) is 5.09. The number of allylic oxidation sites excluding steroid dienone is 2. The molecule has 5 nitrogen and oxygen atoms in total. The largest absolute Gasteiger partial charge is 0.467 e. The second kappa shape index (κ2) is 7.87. The van der Waals surface area contributed by atoms with Crippen molar-refractivity contribution in [1.82, 2.24) is 10.3 Å². The highest BCUT2D eigenvalue weighted by Crippen LogP contribution is 2.24. The van der Waals surface area contributed by atoms with Crippen molar-refractivity contribution in [2.24, 2.45) is 5.92 Å². The van der Waals surface area contributed by atoms with E-state index in [-0.39, 0.29) is 11.8 Å². The molecule has 0 saturated heterocycles. The van der Waals surface area contributed by atoms with Crippen LogP contribution in [0.4, 0.5) is 0 Å². The standard InChI is InChI=1S/C19H21BrN2O3/c1-25-19(24)17(22-18(23)12-5-3-2-4-6-12)9-13-11-21-16-8-7-14(20)10-15(13)16/h2-3,7-8,10-12,17,21H,4-6,9H2,1H3,(H,22,23)/t12-,17+/m0/s1. The van der Waals surface area contributed by atoms with Gasteiger partial charge >= 0.3 is 5.97 Å². The molecule has 0 spiro atoms. The van der Waals surface area contributed by atoms with Crippen LogP contribution in [0.1, 0.15) is 24.8 Å². The van der Waals surface area contributed by atoms with Gasteiger partial charge < -0.3 is 15.0 Å². The van der Waals surface area contributed by atoms with Crippen molar-refractivity contribution in [3.05, 3.63) is 46.6 Å². The summed E-state index contributed by atoms with van der Waals surface area (Å²) in [6.45, 7) is 0. The molecule has 1 aliphatic carbocycles. The average molecular weight is 405 g/mol. The number of methoxy groups -OCH3 is 1. The van der Waals surface area contributed by atoms with Crippen molar-refractivity contribution in [3.63, 3.8) is 0 Å². The summed E-state index contributed by atoms with van der Waals surface area (Å²) in [6, 6.07) is 5.24. The number of rotatable bonds is 5. The Morgan fingerprint density at radius 2 is 2.24 bits per heavy atom. The number of benzene rings is 1. The van der Waals surface area contributed by atoms with Gasteiger partial charge in [-0.25, -0.2) is 4.79 Å². The monoisotopic (exact) mass is 404 g/mol. The number of nitrogens with one attached hydrogen (secondary N) is 2. The zero-order valence-corrected chi connectivity index (χ0v) is 15.6. The summed E-state index contributed by atoms with van der Waals surface area (Å²) in [4.78, 5) is 27.9. The van der Waals surface area contributed by atoms with Gasteiger partial charge in [0.25, 0.3) is 0 Å². The van der Waals surface area contributed by atoms with E-state index in [2.05, 4.69) is 32.3 Å². The highest BCUT2D eigenvalue weighted by atomic mass is 79.9. The van der Waals surface area contributed by atoms with Crippen LogP contribution in [0.15, 0.2) is 41.0 Å². The number of esters is 1. The average Bonchev–Trinajstić information content (AvgIpc) is 3.03. The van der Waals surface area contributed by atoms with Gasteiger partial charge in [-0.2, -0.15) is 0 Å². The van der Waals surface area contributed by atoms with E-state index >= 15 is 0 Å². The summed E-state index contributed by atoms with van der Waals surface area (Å²) in [6.07, 6.45) is 8.82. The zero-order chi connectivity index (χ0) is 17.8. The van der Waals surface area contributed by atoms with Crippen LogP contribution in [0, 0.1) is 5.92 Å². The third-order valence-electron chi connectivity index (χ3n) is 4.60. The van der Waals surface area contributed by atoms with Gasteiger partial charge in [0.15, 0.2) is 0 Å². The summed E-state index contributed by atoms with van der Waals surface area (Å²) in [7, 11) is 1.34. The lowest BCUT2D eigenvalue weighted by atomic mass is 9.93. The Labute approximate surface area is 154 Å². The van der Waals surface area contributed by atoms with Crippen molar-refractivity contribution in [1.29, 1.82) is 0 Å². The fourth-order valence-corrected chi connectivity index (χ4v) is 3.56. The van der Waals surface area contributed by atoms with Crippen molar-refractivity contribution < 1.29 is 14.3 Å². The van der Waals surface area contributed by atoms with E-state index in [1.807, 2.05) is 30.5 Å². The van der Waals surface area contributed by atoms with Gasteiger partial charge in [-0.1, -0.05) is 28.1 Å². The van der Waals surface area contributed by atoms with Crippen LogP contribution in [-0.2, 0) is 20.7 Å². The van der Waals surface area contributed by atoms with Crippen molar-refractivity contribution in [3.8, 4) is 0 Å². The Bertz CT molecular complexity index is 812.